The van der Waals surface area contributed by atoms with Gasteiger partial charge in [0, 0.05) is 49.3 Å². The van der Waals surface area contributed by atoms with Crippen molar-refractivity contribution in [3.8, 4) is 0 Å². The molecule has 2 aromatic rings. The van der Waals surface area contributed by atoms with Gasteiger partial charge in [0.15, 0.2) is 0 Å². The second-order valence-corrected chi connectivity index (χ2v) is 8.45. The Morgan fingerprint density at radius 3 is 2.46 bits per heavy atom. The number of hydrogen-bond donors (Lipinski definition) is 1. The second kappa shape index (κ2) is 10.6. The molecule has 3 rings (SSSR count). The van der Waals surface area contributed by atoms with E-state index in [0.717, 1.165) is 49.9 Å². The number of halogens is 1. The summed E-state index contributed by atoms with van der Waals surface area (Å²) in [5.74, 6) is 0.143. The molecule has 4 nitrogen and oxygen atoms in total. The van der Waals surface area contributed by atoms with Gasteiger partial charge in [0.1, 0.15) is 0 Å². The molecule has 0 spiro atoms. The van der Waals surface area contributed by atoms with Gasteiger partial charge in [-0.1, -0.05) is 46.3 Å². The molecular weight excluding hydrogens is 414 g/mol. The van der Waals surface area contributed by atoms with Crippen molar-refractivity contribution in [2.24, 2.45) is 0 Å². The highest BCUT2D eigenvalue weighted by molar-refractivity contribution is 9.10. The molecule has 1 aliphatic rings. The number of likely N-dealkylation sites (N-methyl/N-ethyl adjacent to an activating group) is 1. The number of rotatable bonds is 8. The van der Waals surface area contributed by atoms with Crippen LogP contribution >= 0.6 is 15.9 Å². The van der Waals surface area contributed by atoms with Crippen LogP contribution in [0.4, 0.5) is 5.69 Å². The number of unbranched alkanes of at least 4 members (excludes halogenated alkanes) is 1. The first kappa shape index (κ1) is 20.9. The van der Waals surface area contributed by atoms with E-state index in [1.54, 1.807) is 0 Å². The molecule has 0 bridgehead atoms. The van der Waals surface area contributed by atoms with Crippen LogP contribution in [0, 0.1) is 0 Å². The van der Waals surface area contributed by atoms with Gasteiger partial charge in [-0.25, -0.2) is 0 Å². The SMILES string of the molecule is CN1CCN(c2ccccc2CNC(=O)CCCCc2ccc(Br)cc2)CC1. The molecule has 0 atom stereocenters. The fourth-order valence-electron chi connectivity index (χ4n) is 3.56. The summed E-state index contributed by atoms with van der Waals surface area (Å²) < 4.78 is 1.10. The Bertz CT molecular complexity index is 755. The van der Waals surface area contributed by atoms with Gasteiger partial charge in [-0.15, -0.1) is 0 Å². The lowest BCUT2D eigenvalue weighted by Gasteiger charge is -2.35. The van der Waals surface area contributed by atoms with Crippen LogP contribution in [0.2, 0.25) is 0 Å². The normalized spacial score (nSPS) is 14.9. The Morgan fingerprint density at radius 2 is 1.71 bits per heavy atom. The maximum Gasteiger partial charge on any atom is 0.220 e. The van der Waals surface area contributed by atoms with E-state index < -0.39 is 0 Å². The van der Waals surface area contributed by atoms with Gasteiger partial charge < -0.3 is 15.1 Å². The summed E-state index contributed by atoms with van der Waals surface area (Å²) >= 11 is 3.46. The third kappa shape index (κ3) is 6.35. The van der Waals surface area contributed by atoms with Crippen LogP contribution in [0.5, 0.6) is 0 Å². The minimum Gasteiger partial charge on any atom is -0.369 e. The third-order valence-electron chi connectivity index (χ3n) is 5.34. The average molecular weight is 444 g/mol. The van der Waals surface area contributed by atoms with E-state index in [9.17, 15) is 4.79 Å². The van der Waals surface area contributed by atoms with E-state index in [2.05, 4.69) is 86.6 Å². The average Bonchev–Trinajstić information content (AvgIpc) is 2.72. The summed E-state index contributed by atoms with van der Waals surface area (Å²) in [5.41, 5.74) is 3.78. The predicted molar refractivity (Wildman–Crippen MR) is 120 cm³/mol. The van der Waals surface area contributed by atoms with Gasteiger partial charge in [0.2, 0.25) is 5.91 Å². The topological polar surface area (TPSA) is 35.6 Å². The van der Waals surface area contributed by atoms with E-state index in [1.807, 2.05) is 0 Å². The highest BCUT2D eigenvalue weighted by Crippen LogP contribution is 2.21. The molecule has 1 saturated heterocycles. The standard InChI is InChI=1S/C23H30BrN3O/c1-26-14-16-27(17-15-26)22-8-4-3-7-20(22)18-25-23(28)9-5-2-6-19-10-12-21(24)13-11-19/h3-4,7-8,10-13H,2,5-6,9,14-18H2,1H3,(H,25,28). The molecule has 1 N–H and O–H groups in total. The fraction of sp³-hybridized carbons (Fsp3) is 0.435. The zero-order valence-electron chi connectivity index (χ0n) is 16.7. The van der Waals surface area contributed by atoms with Crippen LogP contribution in [-0.4, -0.2) is 44.0 Å². The van der Waals surface area contributed by atoms with Crippen molar-refractivity contribution in [1.82, 2.24) is 10.2 Å². The number of anilines is 1. The quantitative estimate of drug-likeness (QED) is 0.619. The summed E-state index contributed by atoms with van der Waals surface area (Å²) in [5, 5.41) is 3.11. The third-order valence-corrected chi connectivity index (χ3v) is 5.87. The van der Waals surface area contributed by atoms with Gasteiger partial charge in [-0.05, 0) is 55.6 Å². The molecule has 5 heteroatoms. The number of nitrogens with one attached hydrogen (secondary N) is 1. The molecule has 28 heavy (non-hydrogen) atoms. The number of benzene rings is 2. The number of piperazine rings is 1. The molecule has 1 heterocycles. The predicted octanol–water partition coefficient (Wildman–Crippen LogP) is 4.23. The van der Waals surface area contributed by atoms with Crippen molar-refractivity contribution in [3.63, 3.8) is 0 Å². The lowest BCUT2D eigenvalue weighted by atomic mass is 10.1. The number of hydrogen-bond acceptors (Lipinski definition) is 3. The molecule has 2 aromatic carbocycles. The molecule has 1 fully saturated rings. The van der Waals surface area contributed by atoms with Crippen LogP contribution in [-0.2, 0) is 17.8 Å². The fourth-order valence-corrected chi connectivity index (χ4v) is 3.83. The number of carbonyl (C=O) groups is 1. The van der Waals surface area contributed by atoms with Crippen LogP contribution in [0.3, 0.4) is 0 Å². The number of carbonyl (C=O) groups excluding carboxylic acids is 1. The highest BCUT2D eigenvalue weighted by Gasteiger charge is 2.16. The van der Waals surface area contributed by atoms with Crippen LogP contribution < -0.4 is 10.2 Å². The summed E-state index contributed by atoms with van der Waals surface area (Å²) in [6, 6.07) is 16.9. The largest absolute Gasteiger partial charge is 0.369 e. The monoisotopic (exact) mass is 443 g/mol. The zero-order chi connectivity index (χ0) is 19.8. The van der Waals surface area contributed by atoms with Crippen LogP contribution in [0.15, 0.2) is 53.0 Å². The first-order valence-corrected chi connectivity index (χ1v) is 10.9. The lowest BCUT2D eigenvalue weighted by Crippen LogP contribution is -2.45. The second-order valence-electron chi connectivity index (χ2n) is 7.53. The van der Waals surface area contributed by atoms with Crippen molar-refractivity contribution >= 4 is 27.5 Å². The van der Waals surface area contributed by atoms with E-state index in [0.29, 0.717) is 13.0 Å². The summed E-state index contributed by atoms with van der Waals surface area (Å²) in [6.45, 7) is 4.85. The maximum atomic E-state index is 12.3. The van der Waals surface area contributed by atoms with Crippen LogP contribution in [0.1, 0.15) is 30.4 Å². The number of aryl methyl sites for hydroxylation is 1. The number of amides is 1. The zero-order valence-corrected chi connectivity index (χ0v) is 18.2. The Morgan fingerprint density at radius 1 is 1.00 bits per heavy atom. The Labute approximate surface area is 177 Å². The first-order valence-electron chi connectivity index (χ1n) is 10.1. The van der Waals surface area contributed by atoms with Crippen molar-refractivity contribution in [1.29, 1.82) is 0 Å². The minimum atomic E-state index is 0.143. The first-order chi connectivity index (χ1) is 13.6. The molecule has 0 radical (unpaired) electrons. The van der Waals surface area contributed by atoms with Crippen molar-refractivity contribution in [2.75, 3.05) is 38.1 Å². The molecule has 0 aromatic heterocycles. The van der Waals surface area contributed by atoms with Gasteiger partial charge in [-0.2, -0.15) is 0 Å². The highest BCUT2D eigenvalue weighted by atomic mass is 79.9. The maximum absolute atomic E-state index is 12.3. The minimum absolute atomic E-state index is 0.143. The molecule has 1 amide bonds. The van der Waals surface area contributed by atoms with Crippen LogP contribution in [0.25, 0.3) is 0 Å². The molecule has 150 valence electrons. The summed E-state index contributed by atoms with van der Waals surface area (Å²) in [7, 11) is 2.17. The van der Waals surface area contributed by atoms with E-state index >= 15 is 0 Å². The number of para-hydroxylation sites is 1. The Balaban J connectivity index is 1.41. The lowest BCUT2D eigenvalue weighted by molar-refractivity contribution is -0.121. The van der Waals surface area contributed by atoms with Gasteiger partial charge in [0.05, 0.1) is 0 Å². The number of nitrogens with zero attached hydrogens (tertiary/aromatic N) is 2. The van der Waals surface area contributed by atoms with Gasteiger partial charge in [-0.3, -0.25) is 4.79 Å². The summed E-state index contributed by atoms with van der Waals surface area (Å²) in [6.07, 6.45) is 3.56. The van der Waals surface area contributed by atoms with Crippen molar-refractivity contribution in [3.05, 3.63) is 64.1 Å². The van der Waals surface area contributed by atoms with Crippen molar-refractivity contribution < 1.29 is 4.79 Å². The summed E-state index contributed by atoms with van der Waals surface area (Å²) in [4.78, 5) is 17.1. The van der Waals surface area contributed by atoms with E-state index in [4.69, 9.17) is 0 Å². The smallest absolute Gasteiger partial charge is 0.220 e. The Kier molecular flexibility index (Phi) is 7.92. The van der Waals surface area contributed by atoms with Crippen molar-refractivity contribution in [2.45, 2.75) is 32.2 Å². The molecule has 0 unspecified atom stereocenters. The molecule has 1 aliphatic heterocycles. The van der Waals surface area contributed by atoms with Gasteiger partial charge >= 0.3 is 0 Å². The van der Waals surface area contributed by atoms with E-state index in [-0.39, 0.29) is 5.91 Å². The molecule has 0 aliphatic carbocycles. The molecule has 0 saturated carbocycles. The molecular formula is C23H30BrN3O. The van der Waals surface area contributed by atoms with Gasteiger partial charge in [0.25, 0.3) is 0 Å². The van der Waals surface area contributed by atoms with E-state index in [1.165, 1.54) is 16.8 Å². The Hall–Kier alpha value is -1.85.